The van der Waals surface area contributed by atoms with E-state index in [4.69, 9.17) is 4.74 Å². The van der Waals surface area contributed by atoms with Crippen LogP contribution in [0.25, 0.3) is 0 Å². The Kier molecular flexibility index (Phi) is 20.6. The number of rotatable bonds is 23. The molecule has 0 saturated carbocycles. The third-order valence-corrected chi connectivity index (χ3v) is 5.83. The predicted octanol–water partition coefficient (Wildman–Crippen LogP) is 5.09. The smallest absolute Gasteiger partial charge is 0.308 e. The van der Waals surface area contributed by atoms with Crippen molar-refractivity contribution in [2.45, 2.75) is 122 Å². The SMILES string of the molecule is CCCCC/C=C/C/C=C/CCCCCCCCCC(O)CC(=O)OC(CC(=O)[O-])C[N+](C)(C)C. The first-order valence-corrected chi connectivity index (χ1v) is 13.8. The van der Waals surface area contributed by atoms with E-state index in [0.29, 0.717) is 17.4 Å². The summed E-state index contributed by atoms with van der Waals surface area (Å²) >= 11 is 0. The minimum atomic E-state index is -1.24. The molecule has 0 aliphatic heterocycles. The fraction of sp³-hybridized carbons (Fsp3) is 0.793. The molecule has 0 fully saturated rings. The van der Waals surface area contributed by atoms with Crippen molar-refractivity contribution in [3.63, 3.8) is 0 Å². The van der Waals surface area contributed by atoms with Gasteiger partial charge < -0.3 is 24.2 Å². The summed E-state index contributed by atoms with van der Waals surface area (Å²) in [6, 6.07) is 0. The highest BCUT2D eigenvalue weighted by molar-refractivity contribution is 5.71. The van der Waals surface area contributed by atoms with Crippen LogP contribution >= 0.6 is 0 Å². The van der Waals surface area contributed by atoms with Gasteiger partial charge in [0, 0.05) is 12.4 Å². The van der Waals surface area contributed by atoms with Crippen molar-refractivity contribution in [1.82, 2.24) is 0 Å². The number of aliphatic hydroxyl groups is 1. The van der Waals surface area contributed by atoms with Gasteiger partial charge in [0.2, 0.25) is 0 Å². The molecule has 2 atom stereocenters. The molecule has 0 aliphatic rings. The van der Waals surface area contributed by atoms with Gasteiger partial charge >= 0.3 is 5.97 Å². The van der Waals surface area contributed by atoms with Crippen LogP contribution in [0.15, 0.2) is 24.3 Å². The average Bonchev–Trinajstić information content (AvgIpc) is 2.74. The first-order valence-electron chi connectivity index (χ1n) is 13.8. The Labute approximate surface area is 215 Å². The highest BCUT2D eigenvalue weighted by Gasteiger charge is 2.23. The van der Waals surface area contributed by atoms with E-state index in [1.54, 1.807) is 0 Å². The minimum absolute atomic E-state index is 0.0944. The molecule has 0 aliphatic carbocycles. The van der Waals surface area contributed by atoms with E-state index >= 15 is 0 Å². The van der Waals surface area contributed by atoms with Crippen molar-refractivity contribution in [1.29, 1.82) is 0 Å². The average molecular weight is 496 g/mol. The third kappa shape index (κ3) is 25.2. The van der Waals surface area contributed by atoms with Gasteiger partial charge in [-0.3, -0.25) is 4.79 Å². The highest BCUT2D eigenvalue weighted by atomic mass is 16.5. The van der Waals surface area contributed by atoms with E-state index in [0.717, 1.165) is 32.1 Å². The molecule has 204 valence electrons. The minimum Gasteiger partial charge on any atom is -0.550 e. The molecule has 35 heavy (non-hydrogen) atoms. The first-order chi connectivity index (χ1) is 16.6. The Bertz CT molecular complexity index is 594. The lowest BCUT2D eigenvalue weighted by molar-refractivity contribution is -0.873. The first kappa shape index (κ1) is 33.3. The Morgan fingerprint density at radius 2 is 1.37 bits per heavy atom. The Hall–Kier alpha value is -1.66. The number of ether oxygens (including phenoxy) is 1. The van der Waals surface area contributed by atoms with Gasteiger partial charge in [0.1, 0.15) is 6.54 Å². The topological polar surface area (TPSA) is 86.7 Å². The van der Waals surface area contributed by atoms with Crippen LogP contribution in [0.2, 0.25) is 0 Å². The van der Waals surface area contributed by atoms with Crippen molar-refractivity contribution >= 4 is 11.9 Å². The Morgan fingerprint density at radius 1 is 0.829 bits per heavy atom. The molecule has 0 saturated heterocycles. The van der Waals surface area contributed by atoms with Crippen LogP contribution in [0.4, 0.5) is 0 Å². The van der Waals surface area contributed by atoms with Gasteiger partial charge in [-0.2, -0.15) is 0 Å². The Morgan fingerprint density at radius 3 is 1.91 bits per heavy atom. The third-order valence-electron chi connectivity index (χ3n) is 5.83. The molecule has 6 heteroatoms. The summed E-state index contributed by atoms with van der Waals surface area (Å²) in [5.74, 6) is -1.79. The summed E-state index contributed by atoms with van der Waals surface area (Å²) in [6.45, 7) is 2.61. The number of carboxylic acid groups (broad SMARTS) is 1. The number of quaternary nitrogens is 1. The molecule has 0 rings (SSSR count). The monoisotopic (exact) mass is 495 g/mol. The van der Waals surface area contributed by atoms with Crippen LogP contribution in [0.3, 0.4) is 0 Å². The molecular formula is C29H53NO5. The standard InChI is InChI=1S/C29H53NO5/c1-5-6-7-8-9-10-11-12-13-14-15-16-17-18-19-20-21-22-26(31)23-29(34)35-27(24-28(32)33)25-30(2,3)4/h9-10,12-13,26-27,31H,5-8,11,14-25H2,1-4H3/b10-9+,13-12+. The van der Waals surface area contributed by atoms with Crippen molar-refractivity contribution in [2.24, 2.45) is 0 Å². The molecule has 6 nitrogen and oxygen atoms in total. The molecule has 0 radical (unpaired) electrons. The van der Waals surface area contributed by atoms with Crippen LogP contribution < -0.4 is 5.11 Å². The lowest BCUT2D eigenvalue weighted by atomic mass is 10.0. The van der Waals surface area contributed by atoms with Gasteiger partial charge in [-0.1, -0.05) is 82.6 Å². The molecule has 0 heterocycles. The summed E-state index contributed by atoms with van der Waals surface area (Å²) in [5, 5.41) is 21.0. The molecule has 2 unspecified atom stereocenters. The summed E-state index contributed by atoms with van der Waals surface area (Å²) in [4.78, 5) is 23.0. The highest BCUT2D eigenvalue weighted by Crippen LogP contribution is 2.13. The summed E-state index contributed by atoms with van der Waals surface area (Å²) in [7, 11) is 5.70. The zero-order valence-corrected chi connectivity index (χ0v) is 23.0. The lowest BCUT2D eigenvalue weighted by Crippen LogP contribution is -2.45. The number of nitrogens with zero attached hydrogens (tertiary/aromatic N) is 1. The fourth-order valence-corrected chi connectivity index (χ4v) is 4.01. The number of aliphatic carboxylic acids is 1. The number of hydrogen-bond donors (Lipinski definition) is 1. The lowest BCUT2D eigenvalue weighted by Gasteiger charge is -2.29. The number of allylic oxidation sites excluding steroid dienone is 4. The maximum atomic E-state index is 12.1. The van der Waals surface area contributed by atoms with Gasteiger partial charge in [0.25, 0.3) is 0 Å². The van der Waals surface area contributed by atoms with E-state index in [-0.39, 0.29) is 12.8 Å². The van der Waals surface area contributed by atoms with Crippen molar-refractivity contribution in [3.8, 4) is 0 Å². The number of unbranched alkanes of at least 4 members (excludes halogenated alkanes) is 10. The molecule has 0 spiro atoms. The summed E-state index contributed by atoms with van der Waals surface area (Å²) in [6.07, 6.45) is 23.1. The van der Waals surface area contributed by atoms with Gasteiger partial charge in [0.05, 0.1) is 33.7 Å². The van der Waals surface area contributed by atoms with Gasteiger partial charge in [-0.25, -0.2) is 0 Å². The number of hydrogen-bond acceptors (Lipinski definition) is 5. The number of likely N-dealkylation sites (N-methyl/N-ethyl adjacent to an activating group) is 1. The quantitative estimate of drug-likeness (QED) is 0.0923. The van der Waals surface area contributed by atoms with E-state index < -0.39 is 24.1 Å². The van der Waals surface area contributed by atoms with Crippen molar-refractivity contribution in [3.05, 3.63) is 24.3 Å². The molecule has 1 N–H and O–H groups in total. The summed E-state index contributed by atoms with van der Waals surface area (Å²) in [5.41, 5.74) is 0. The van der Waals surface area contributed by atoms with Crippen molar-refractivity contribution in [2.75, 3.05) is 27.7 Å². The maximum Gasteiger partial charge on any atom is 0.308 e. The molecule has 0 aromatic heterocycles. The number of carbonyl (C=O) groups excluding carboxylic acids is 2. The largest absolute Gasteiger partial charge is 0.550 e. The van der Waals surface area contributed by atoms with E-state index in [1.807, 2.05) is 21.1 Å². The van der Waals surface area contributed by atoms with Crippen molar-refractivity contribution < 1.29 is 29.0 Å². The zero-order chi connectivity index (χ0) is 26.4. The molecule has 0 aromatic rings. The van der Waals surface area contributed by atoms with E-state index in [9.17, 15) is 19.8 Å². The van der Waals surface area contributed by atoms with Crippen LogP contribution in [0.1, 0.15) is 110 Å². The molecule has 0 aromatic carbocycles. The fourth-order valence-electron chi connectivity index (χ4n) is 4.01. The normalized spacial score (nSPS) is 14.0. The second-order valence-corrected chi connectivity index (χ2v) is 10.7. The second-order valence-electron chi connectivity index (χ2n) is 10.7. The van der Waals surface area contributed by atoms with Gasteiger partial charge in [-0.15, -0.1) is 0 Å². The Balaban J connectivity index is 3.71. The predicted molar refractivity (Wildman–Crippen MR) is 142 cm³/mol. The van der Waals surface area contributed by atoms with Gasteiger partial charge in [0.15, 0.2) is 6.10 Å². The van der Waals surface area contributed by atoms with Crippen LogP contribution in [-0.2, 0) is 14.3 Å². The molecular weight excluding hydrogens is 442 g/mol. The second kappa shape index (κ2) is 21.6. The maximum absolute atomic E-state index is 12.1. The summed E-state index contributed by atoms with van der Waals surface area (Å²) < 4.78 is 5.77. The van der Waals surface area contributed by atoms with Crippen LogP contribution in [0, 0.1) is 0 Å². The zero-order valence-electron chi connectivity index (χ0n) is 23.0. The number of carbonyl (C=O) groups is 2. The van der Waals surface area contributed by atoms with E-state index in [1.165, 1.54) is 51.4 Å². The van der Waals surface area contributed by atoms with Crippen LogP contribution in [0.5, 0.6) is 0 Å². The molecule has 0 bridgehead atoms. The van der Waals surface area contributed by atoms with Gasteiger partial charge in [-0.05, 0) is 38.5 Å². The molecule has 0 amide bonds. The van der Waals surface area contributed by atoms with Crippen LogP contribution in [-0.4, -0.2) is 61.4 Å². The number of carboxylic acids is 1. The van der Waals surface area contributed by atoms with E-state index in [2.05, 4.69) is 31.2 Å². The number of esters is 1. The number of aliphatic hydroxyl groups excluding tert-OH is 1.